The fourth-order valence-electron chi connectivity index (χ4n) is 2.73. The first-order valence-corrected chi connectivity index (χ1v) is 8.04. The number of carbonyl (C=O) groups excluding carboxylic acids is 2. The molecule has 1 heterocycles. The summed E-state index contributed by atoms with van der Waals surface area (Å²) in [5.41, 5.74) is 2.33. The van der Waals surface area contributed by atoms with Gasteiger partial charge in [-0.3, -0.25) is 9.59 Å². The number of hydrogen-bond acceptors (Lipinski definition) is 5. The molecule has 2 aromatic rings. The van der Waals surface area contributed by atoms with Crippen LogP contribution in [0.3, 0.4) is 0 Å². The van der Waals surface area contributed by atoms with Gasteiger partial charge < -0.3 is 20.5 Å². The number of anilines is 1. The fraction of sp³-hybridized carbons (Fsp3) is 0.211. The number of benzene rings is 2. The van der Waals surface area contributed by atoms with Gasteiger partial charge >= 0.3 is 0 Å². The van der Waals surface area contributed by atoms with Gasteiger partial charge in [0.2, 0.25) is 5.91 Å². The number of ether oxygens (including phenoxy) is 1. The molecule has 0 saturated carbocycles. The molecule has 3 N–H and O–H groups in total. The van der Waals surface area contributed by atoms with Crippen LogP contribution >= 0.6 is 0 Å². The Kier molecular flexibility index (Phi) is 5.27. The van der Waals surface area contributed by atoms with Gasteiger partial charge in [-0.2, -0.15) is 5.26 Å². The summed E-state index contributed by atoms with van der Waals surface area (Å²) in [5, 5.41) is 23.7. The highest BCUT2D eigenvalue weighted by Gasteiger charge is 2.30. The molecule has 0 unspecified atom stereocenters. The van der Waals surface area contributed by atoms with Crippen molar-refractivity contribution in [2.24, 2.45) is 0 Å². The van der Waals surface area contributed by atoms with Crippen LogP contribution in [0, 0.1) is 11.3 Å². The molecule has 2 atom stereocenters. The van der Waals surface area contributed by atoms with Crippen LogP contribution in [0.4, 0.5) is 5.69 Å². The number of rotatable bonds is 4. The van der Waals surface area contributed by atoms with Crippen molar-refractivity contribution in [1.29, 1.82) is 5.26 Å². The maximum absolute atomic E-state index is 12.2. The smallest absolute Gasteiger partial charge is 0.255 e. The van der Waals surface area contributed by atoms with Crippen molar-refractivity contribution in [2.45, 2.75) is 12.1 Å². The van der Waals surface area contributed by atoms with Crippen molar-refractivity contribution < 1.29 is 19.4 Å². The molecule has 7 heteroatoms. The van der Waals surface area contributed by atoms with Crippen LogP contribution < -0.4 is 10.6 Å². The number of carbonyl (C=O) groups is 2. The molecule has 0 spiro atoms. The fourth-order valence-corrected chi connectivity index (χ4v) is 2.73. The number of nitrogens with one attached hydrogen (secondary N) is 2. The molecule has 7 nitrogen and oxygen atoms in total. The number of amides is 2. The average Bonchev–Trinajstić information content (AvgIpc) is 2.68. The number of aliphatic hydroxyl groups excluding tert-OH is 1. The second-order valence-corrected chi connectivity index (χ2v) is 5.85. The second kappa shape index (κ2) is 7.78. The van der Waals surface area contributed by atoms with E-state index in [0.29, 0.717) is 16.8 Å². The molecule has 1 fully saturated rings. The van der Waals surface area contributed by atoms with Crippen molar-refractivity contribution >= 4 is 17.5 Å². The molecule has 1 aliphatic rings. The zero-order valence-corrected chi connectivity index (χ0v) is 13.8. The Hall–Kier alpha value is -3.21. The third-order valence-electron chi connectivity index (χ3n) is 4.08. The maximum Gasteiger partial charge on any atom is 0.255 e. The lowest BCUT2D eigenvalue weighted by Gasteiger charge is -2.31. The molecule has 2 aromatic carbocycles. The molecule has 0 aromatic heterocycles. The van der Waals surface area contributed by atoms with E-state index in [0.717, 1.165) is 5.56 Å². The van der Waals surface area contributed by atoms with E-state index >= 15 is 0 Å². The molecule has 1 aliphatic heterocycles. The highest BCUT2D eigenvalue weighted by molar-refractivity contribution is 6.04. The van der Waals surface area contributed by atoms with E-state index in [2.05, 4.69) is 10.6 Å². The van der Waals surface area contributed by atoms with Gasteiger partial charge in [-0.1, -0.05) is 12.1 Å². The van der Waals surface area contributed by atoms with Crippen LogP contribution in [-0.4, -0.2) is 36.2 Å². The van der Waals surface area contributed by atoms with Crippen LogP contribution in [0.2, 0.25) is 0 Å². The van der Waals surface area contributed by atoms with E-state index in [1.165, 1.54) is 0 Å². The summed E-state index contributed by atoms with van der Waals surface area (Å²) in [6, 6.07) is 14.9. The van der Waals surface area contributed by atoms with Gasteiger partial charge in [0.05, 0.1) is 24.3 Å². The normalized spacial score (nSPS) is 19.3. The maximum atomic E-state index is 12.2. The SMILES string of the molecule is N#Cc1ccc(C(=O)Nc2ccc([C@H]3OCC(=O)N[C@@H]3CO)cc2)cc1. The molecule has 0 aliphatic carbocycles. The van der Waals surface area contributed by atoms with Gasteiger partial charge in [0.15, 0.2) is 0 Å². The number of hydrogen-bond donors (Lipinski definition) is 3. The Morgan fingerprint density at radius 3 is 2.54 bits per heavy atom. The summed E-state index contributed by atoms with van der Waals surface area (Å²) in [4.78, 5) is 23.6. The second-order valence-electron chi connectivity index (χ2n) is 5.85. The van der Waals surface area contributed by atoms with E-state index < -0.39 is 12.1 Å². The first kappa shape index (κ1) is 17.6. The summed E-state index contributed by atoms with van der Waals surface area (Å²) in [6.45, 7) is -0.286. The molecular formula is C19H17N3O4. The van der Waals surface area contributed by atoms with Crippen molar-refractivity contribution in [3.8, 4) is 6.07 Å². The molecule has 132 valence electrons. The Labute approximate surface area is 150 Å². The van der Waals surface area contributed by atoms with Crippen LogP contribution in [-0.2, 0) is 9.53 Å². The largest absolute Gasteiger partial charge is 0.394 e. The van der Waals surface area contributed by atoms with Crippen LogP contribution in [0.25, 0.3) is 0 Å². The van der Waals surface area contributed by atoms with Gasteiger partial charge in [-0.25, -0.2) is 0 Å². The lowest BCUT2D eigenvalue weighted by molar-refractivity contribution is -0.138. The lowest BCUT2D eigenvalue weighted by Crippen LogP contribution is -2.49. The zero-order valence-electron chi connectivity index (χ0n) is 13.8. The van der Waals surface area contributed by atoms with Gasteiger partial charge in [0, 0.05) is 11.3 Å². The Morgan fingerprint density at radius 2 is 1.92 bits per heavy atom. The quantitative estimate of drug-likeness (QED) is 0.770. The number of aliphatic hydroxyl groups is 1. The third-order valence-corrected chi connectivity index (χ3v) is 4.08. The van der Waals surface area contributed by atoms with Gasteiger partial charge in [-0.05, 0) is 42.0 Å². The van der Waals surface area contributed by atoms with Crippen molar-refractivity contribution in [1.82, 2.24) is 5.32 Å². The molecule has 26 heavy (non-hydrogen) atoms. The molecule has 0 radical (unpaired) electrons. The van der Waals surface area contributed by atoms with Crippen LogP contribution in [0.1, 0.15) is 27.6 Å². The Bertz CT molecular complexity index is 841. The lowest BCUT2D eigenvalue weighted by atomic mass is 10.0. The number of morpholine rings is 1. The minimum absolute atomic E-state index is 0.0572. The van der Waals surface area contributed by atoms with Gasteiger partial charge in [-0.15, -0.1) is 0 Å². The first-order chi connectivity index (χ1) is 12.6. The van der Waals surface area contributed by atoms with Gasteiger partial charge in [0.25, 0.3) is 5.91 Å². The molecular weight excluding hydrogens is 334 g/mol. The minimum atomic E-state index is -0.504. The van der Waals surface area contributed by atoms with E-state index in [1.54, 1.807) is 48.5 Å². The molecule has 1 saturated heterocycles. The van der Waals surface area contributed by atoms with E-state index in [9.17, 15) is 14.7 Å². The van der Waals surface area contributed by atoms with Crippen LogP contribution in [0.15, 0.2) is 48.5 Å². The van der Waals surface area contributed by atoms with Gasteiger partial charge in [0.1, 0.15) is 12.7 Å². The summed E-state index contributed by atoms with van der Waals surface area (Å²) in [5.74, 6) is -0.539. The summed E-state index contributed by atoms with van der Waals surface area (Å²) < 4.78 is 5.51. The summed E-state index contributed by atoms with van der Waals surface area (Å²) >= 11 is 0. The van der Waals surface area contributed by atoms with E-state index in [1.807, 2.05) is 6.07 Å². The Morgan fingerprint density at radius 1 is 1.23 bits per heavy atom. The van der Waals surface area contributed by atoms with E-state index in [-0.39, 0.29) is 25.0 Å². The van der Waals surface area contributed by atoms with Crippen molar-refractivity contribution in [2.75, 3.05) is 18.5 Å². The van der Waals surface area contributed by atoms with Crippen LogP contribution in [0.5, 0.6) is 0 Å². The molecule has 3 rings (SSSR count). The number of nitrogens with zero attached hydrogens (tertiary/aromatic N) is 1. The minimum Gasteiger partial charge on any atom is -0.394 e. The topological polar surface area (TPSA) is 111 Å². The predicted octanol–water partition coefficient (Wildman–Crippen LogP) is 1.36. The molecule has 0 bridgehead atoms. The number of nitriles is 1. The zero-order chi connectivity index (χ0) is 18.5. The predicted molar refractivity (Wildman–Crippen MR) is 93.3 cm³/mol. The van der Waals surface area contributed by atoms with Crippen molar-refractivity contribution in [3.63, 3.8) is 0 Å². The third kappa shape index (κ3) is 3.88. The van der Waals surface area contributed by atoms with Crippen molar-refractivity contribution in [3.05, 3.63) is 65.2 Å². The molecule has 2 amide bonds. The summed E-state index contributed by atoms with van der Waals surface area (Å²) in [7, 11) is 0. The van der Waals surface area contributed by atoms with E-state index in [4.69, 9.17) is 10.00 Å². The first-order valence-electron chi connectivity index (χ1n) is 8.04. The highest BCUT2D eigenvalue weighted by atomic mass is 16.5. The standard InChI is InChI=1S/C19H17N3O4/c20-9-12-1-3-14(4-2-12)19(25)21-15-7-5-13(6-8-15)18-16(10-23)22-17(24)11-26-18/h1-8,16,18,23H,10-11H2,(H,21,25)(H,22,24)/t16-,18-/m1/s1. The summed E-state index contributed by atoms with van der Waals surface area (Å²) in [6.07, 6.45) is -0.444. The Balaban J connectivity index is 1.68. The monoisotopic (exact) mass is 351 g/mol. The highest BCUT2D eigenvalue weighted by Crippen LogP contribution is 2.25. The average molecular weight is 351 g/mol.